The molecule has 3 aromatic carbocycles. The van der Waals surface area contributed by atoms with Gasteiger partial charge in [0.1, 0.15) is 11.5 Å². The Kier molecular flexibility index (Phi) is 5.89. The number of methoxy groups -OCH3 is 1. The molecule has 0 radical (unpaired) electrons. The third-order valence-electron chi connectivity index (χ3n) is 5.57. The lowest BCUT2D eigenvalue weighted by atomic mass is 9.94. The summed E-state index contributed by atoms with van der Waals surface area (Å²) >= 11 is 3.45. The monoisotopic (exact) mass is 491 g/mol. The van der Waals surface area contributed by atoms with Crippen LogP contribution in [0, 0.1) is 13.8 Å². The first-order valence-electron chi connectivity index (χ1n) is 10.1. The second kappa shape index (κ2) is 8.63. The molecule has 1 N–H and O–H groups in total. The van der Waals surface area contributed by atoms with E-state index in [0.29, 0.717) is 22.6 Å². The number of rotatable bonds is 4. The highest BCUT2D eigenvalue weighted by atomic mass is 79.9. The third-order valence-corrected chi connectivity index (χ3v) is 6.45. The van der Waals surface area contributed by atoms with Crippen molar-refractivity contribution in [1.29, 1.82) is 0 Å². The van der Waals surface area contributed by atoms with Crippen molar-refractivity contribution >= 4 is 39.1 Å². The summed E-state index contributed by atoms with van der Waals surface area (Å²) in [6.45, 7) is 3.82. The van der Waals surface area contributed by atoms with Crippen LogP contribution in [-0.2, 0) is 9.59 Å². The highest BCUT2D eigenvalue weighted by Gasteiger charge is 2.47. The topological polar surface area (TPSA) is 66.8 Å². The van der Waals surface area contributed by atoms with E-state index in [-0.39, 0.29) is 11.3 Å². The summed E-state index contributed by atoms with van der Waals surface area (Å²) in [6.07, 6.45) is 0. The number of aryl methyl sites for hydroxylation is 2. The molecule has 0 saturated carbocycles. The summed E-state index contributed by atoms with van der Waals surface area (Å²) in [7, 11) is 1.56. The zero-order valence-corrected chi connectivity index (χ0v) is 19.5. The second-order valence-electron chi connectivity index (χ2n) is 7.75. The lowest BCUT2D eigenvalue weighted by Gasteiger charge is -2.26. The van der Waals surface area contributed by atoms with Crippen molar-refractivity contribution in [2.24, 2.45) is 0 Å². The number of aliphatic hydroxyl groups excluding tert-OH is 1. The van der Waals surface area contributed by atoms with Gasteiger partial charge in [0.05, 0.1) is 18.7 Å². The number of nitrogens with zero attached hydrogens (tertiary/aromatic N) is 1. The number of halogens is 1. The van der Waals surface area contributed by atoms with Gasteiger partial charge in [-0.1, -0.05) is 46.3 Å². The van der Waals surface area contributed by atoms with Crippen LogP contribution in [0.15, 0.2) is 76.8 Å². The van der Waals surface area contributed by atoms with Gasteiger partial charge in [0, 0.05) is 15.7 Å². The van der Waals surface area contributed by atoms with Crippen LogP contribution in [0.3, 0.4) is 0 Å². The Labute approximate surface area is 195 Å². The average Bonchev–Trinajstić information content (AvgIpc) is 3.06. The Hall–Kier alpha value is -3.38. The number of hydrogen-bond donors (Lipinski definition) is 1. The van der Waals surface area contributed by atoms with Crippen LogP contribution in [0.4, 0.5) is 5.69 Å². The number of carbonyl (C=O) groups is 2. The van der Waals surface area contributed by atoms with Gasteiger partial charge in [0.2, 0.25) is 0 Å². The standard InChI is InChI=1S/C26H22BrNO4/c1-15-6-4-8-19(12-15)28-23(17-7-5-9-20(14-17)32-3)22(25(30)26(28)31)24(29)18-10-11-21(27)16(2)13-18/h4-14,23,29H,1-3H3/b24-22-. The Morgan fingerprint density at radius 2 is 1.75 bits per heavy atom. The molecule has 0 bridgehead atoms. The highest BCUT2D eigenvalue weighted by molar-refractivity contribution is 9.10. The summed E-state index contributed by atoms with van der Waals surface area (Å²) in [6, 6.07) is 19.1. The minimum atomic E-state index is -0.796. The molecule has 0 spiro atoms. The van der Waals surface area contributed by atoms with E-state index in [4.69, 9.17) is 4.74 Å². The van der Waals surface area contributed by atoms with Crippen LogP contribution in [-0.4, -0.2) is 23.9 Å². The zero-order valence-electron chi connectivity index (χ0n) is 17.9. The molecule has 1 heterocycles. The molecule has 32 heavy (non-hydrogen) atoms. The van der Waals surface area contributed by atoms with Crippen molar-refractivity contribution in [3.63, 3.8) is 0 Å². The average molecular weight is 492 g/mol. The van der Waals surface area contributed by atoms with E-state index in [1.165, 1.54) is 4.90 Å². The van der Waals surface area contributed by atoms with Crippen molar-refractivity contribution in [1.82, 2.24) is 0 Å². The molecule has 1 atom stereocenters. The molecule has 5 nitrogen and oxygen atoms in total. The third kappa shape index (κ3) is 3.82. The predicted octanol–water partition coefficient (Wildman–Crippen LogP) is 5.70. The quantitative estimate of drug-likeness (QED) is 0.288. The molecule has 1 fully saturated rings. The van der Waals surface area contributed by atoms with Gasteiger partial charge in [-0.3, -0.25) is 14.5 Å². The summed E-state index contributed by atoms with van der Waals surface area (Å²) < 4.78 is 6.25. The van der Waals surface area contributed by atoms with Gasteiger partial charge >= 0.3 is 0 Å². The van der Waals surface area contributed by atoms with E-state index in [9.17, 15) is 14.7 Å². The minimum Gasteiger partial charge on any atom is -0.507 e. The van der Waals surface area contributed by atoms with Gasteiger partial charge in [-0.25, -0.2) is 0 Å². The van der Waals surface area contributed by atoms with E-state index >= 15 is 0 Å². The number of benzene rings is 3. The fraction of sp³-hybridized carbons (Fsp3) is 0.154. The fourth-order valence-electron chi connectivity index (χ4n) is 3.95. The van der Waals surface area contributed by atoms with E-state index < -0.39 is 17.7 Å². The number of aliphatic hydroxyl groups is 1. The molecule has 1 aliphatic rings. The molecule has 3 aromatic rings. The first-order chi connectivity index (χ1) is 15.3. The lowest BCUT2D eigenvalue weighted by Crippen LogP contribution is -2.29. The van der Waals surface area contributed by atoms with Crippen LogP contribution in [0.2, 0.25) is 0 Å². The minimum absolute atomic E-state index is 0.0477. The molecule has 6 heteroatoms. The Morgan fingerprint density at radius 3 is 2.44 bits per heavy atom. The van der Waals surface area contributed by atoms with Gasteiger partial charge in [0.25, 0.3) is 11.7 Å². The molecule has 4 rings (SSSR count). The molecular formula is C26H22BrNO4. The summed E-state index contributed by atoms with van der Waals surface area (Å²) in [4.78, 5) is 27.9. The number of ketones is 1. The van der Waals surface area contributed by atoms with E-state index in [2.05, 4.69) is 15.9 Å². The maximum atomic E-state index is 13.2. The second-order valence-corrected chi connectivity index (χ2v) is 8.60. The highest BCUT2D eigenvalue weighted by Crippen LogP contribution is 2.43. The van der Waals surface area contributed by atoms with Crippen molar-refractivity contribution in [3.8, 4) is 5.75 Å². The summed E-state index contributed by atoms with van der Waals surface area (Å²) in [5, 5.41) is 11.2. The van der Waals surface area contributed by atoms with Crippen LogP contribution in [0.25, 0.3) is 5.76 Å². The molecule has 162 valence electrons. The maximum absolute atomic E-state index is 13.2. The molecule has 1 saturated heterocycles. The molecule has 0 aliphatic carbocycles. The van der Waals surface area contributed by atoms with Crippen molar-refractivity contribution < 1.29 is 19.4 Å². The molecule has 1 unspecified atom stereocenters. The van der Waals surface area contributed by atoms with Crippen molar-refractivity contribution in [3.05, 3.63) is 99.0 Å². The van der Waals surface area contributed by atoms with E-state index in [0.717, 1.165) is 15.6 Å². The fourth-order valence-corrected chi connectivity index (χ4v) is 4.20. The number of ether oxygens (including phenoxy) is 1. The summed E-state index contributed by atoms with van der Waals surface area (Å²) in [5.74, 6) is -1.02. The first kappa shape index (κ1) is 21.8. The number of carbonyl (C=O) groups excluding carboxylic acids is 2. The predicted molar refractivity (Wildman–Crippen MR) is 128 cm³/mol. The van der Waals surface area contributed by atoms with E-state index in [1.54, 1.807) is 43.5 Å². The molecular weight excluding hydrogens is 470 g/mol. The zero-order chi connectivity index (χ0) is 23.0. The summed E-state index contributed by atoms with van der Waals surface area (Å²) in [5.41, 5.74) is 3.64. The Balaban J connectivity index is 1.97. The Bertz CT molecular complexity index is 1260. The number of hydrogen-bond acceptors (Lipinski definition) is 4. The molecule has 0 aromatic heterocycles. The SMILES string of the molecule is COc1cccc(C2/C(=C(/O)c3ccc(Br)c(C)c3)C(=O)C(=O)N2c2cccc(C)c2)c1. The normalized spacial score (nSPS) is 17.6. The number of amides is 1. The van der Waals surface area contributed by atoms with Gasteiger partial charge in [-0.2, -0.15) is 0 Å². The first-order valence-corrected chi connectivity index (χ1v) is 10.9. The van der Waals surface area contributed by atoms with Crippen LogP contribution in [0.5, 0.6) is 5.75 Å². The largest absolute Gasteiger partial charge is 0.507 e. The van der Waals surface area contributed by atoms with Crippen LogP contribution < -0.4 is 9.64 Å². The van der Waals surface area contributed by atoms with Crippen LogP contribution >= 0.6 is 15.9 Å². The van der Waals surface area contributed by atoms with Gasteiger partial charge in [-0.15, -0.1) is 0 Å². The van der Waals surface area contributed by atoms with Gasteiger partial charge in [-0.05, 0) is 66.9 Å². The smallest absolute Gasteiger partial charge is 0.300 e. The van der Waals surface area contributed by atoms with Gasteiger partial charge in [0.15, 0.2) is 0 Å². The number of Topliss-reactive ketones (excluding diaryl/α,β-unsaturated/α-hetero) is 1. The van der Waals surface area contributed by atoms with E-state index in [1.807, 2.05) is 44.2 Å². The maximum Gasteiger partial charge on any atom is 0.300 e. The number of anilines is 1. The van der Waals surface area contributed by atoms with Crippen molar-refractivity contribution in [2.75, 3.05) is 12.0 Å². The van der Waals surface area contributed by atoms with Crippen LogP contribution in [0.1, 0.15) is 28.3 Å². The molecule has 1 aliphatic heterocycles. The van der Waals surface area contributed by atoms with Crippen molar-refractivity contribution in [2.45, 2.75) is 19.9 Å². The Morgan fingerprint density at radius 1 is 1.00 bits per heavy atom. The lowest BCUT2D eigenvalue weighted by molar-refractivity contribution is -0.132. The molecule has 1 amide bonds. The van der Waals surface area contributed by atoms with Gasteiger partial charge < -0.3 is 9.84 Å².